The van der Waals surface area contributed by atoms with E-state index in [2.05, 4.69) is 44.8 Å². The summed E-state index contributed by atoms with van der Waals surface area (Å²) in [6.45, 7) is 2.77. The van der Waals surface area contributed by atoms with Gasteiger partial charge in [0.25, 0.3) is 5.91 Å². The number of likely N-dealkylation sites (tertiary alicyclic amines) is 1. The minimum Gasteiger partial charge on any atom is -0.362 e. The first kappa shape index (κ1) is 24.1. The topological polar surface area (TPSA) is 60.5 Å². The predicted molar refractivity (Wildman–Crippen MR) is 135 cm³/mol. The molecule has 34 heavy (non-hydrogen) atoms. The molecule has 4 rings (SSSR count). The van der Waals surface area contributed by atoms with E-state index in [1.165, 1.54) is 29.0 Å². The molecular formula is C26H30FN5OS. The van der Waals surface area contributed by atoms with Crippen molar-refractivity contribution in [3.63, 3.8) is 0 Å². The van der Waals surface area contributed by atoms with Gasteiger partial charge in [-0.1, -0.05) is 30.3 Å². The number of piperidine rings is 1. The lowest BCUT2D eigenvalue weighted by molar-refractivity contribution is 0.0456. The zero-order valence-corrected chi connectivity index (χ0v) is 20.0. The van der Waals surface area contributed by atoms with Crippen molar-refractivity contribution in [3.05, 3.63) is 94.8 Å². The molecule has 1 saturated heterocycles. The van der Waals surface area contributed by atoms with Gasteiger partial charge in [-0.05, 0) is 55.8 Å². The van der Waals surface area contributed by atoms with E-state index >= 15 is 0 Å². The Morgan fingerprint density at radius 3 is 2.59 bits per heavy atom. The first-order valence-corrected chi connectivity index (χ1v) is 12.4. The minimum atomic E-state index is -0.310. The molecule has 0 aliphatic carbocycles. The van der Waals surface area contributed by atoms with E-state index in [-0.39, 0.29) is 23.9 Å². The predicted octanol–water partition coefficient (Wildman–Crippen LogP) is 4.56. The Morgan fingerprint density at radius 2 is 1.94 bits per heavy atom. The number of hydrogen-bond acceptors (Lipinski definition) is 6. The maximum atomic E-state index is 13.5. The molecule has 2 N–H and O–H groups in total. The number of benzene rings is 2. The number of nitrogens with one attached hydrogen (secondary N) is 2. The second kappa shape index (κ2) is 11.9. The van der Waals surface area contributed by atoms with Crippen LogP contribution in [0.3, 0.4) is 0 Å². The Morgan fingerprint density at radius 1 is 1.21 bits per heavy atom. The third-order valence-corrected chi connectivity index (χ3v) is 6.78. The number of carbonyl (C=O) groups excluding carboxylic acids is 1. The zero-order valence-electron chi connectivity index (χ0n) is 19.2. The van der Waals surface area contributed by atoms with Crippen molar-refractivity contribution in [2.75, 3.05) is 25.5 Å². The number of nitrogens with zero attached hydrogens (tertiary/aromatic N) is 3. The molecule has 0 bridgehead atoms. The molecule has 0 saturated carbocycles. The van der Waals surface area contributed by atoms with Crippen LogP contribution in [0.1, 0.15) is 28.2 Å². The summed E-state index contributed by atoms with van der Waals surface area (Å²) in [5.74, 6) is -0.344. The van der Waals surface area contributed by atoms with E-state index in [0.29, 0.717) is 5.01 Å². The summed E-state index contributed by atoms with van der Waals surface area (Å²) in [6, 6.07) is 16.7. The van der Waals surface area contributed by atoms with Gasteiger partial charge >= 0.3 is 0 Å². The second-order valence-corrected chi connectivity index (χ2v) is 9.18. The summed E-state index contributed by atoms with van der Waals surface area (Å²) in [4.78, 5) is 22.1. The van der Waals surface area contributed by atoms with Crippen LogP contribution < -0.4 is 10.6 Å². The van der Waals surface area contributed by atoms with Gasteiger partial charge in [0.05, 0.1) is 0 Å². The molecule has 1 aromatic heterocycles. The highest BCUT2D eigenvalue weighted by Gasteiger charge is 2.33. The molecular weight excluding hydrogens is 449 g/mol. The van der Waals surface area contributed by atoms with Crippen molar-refractivity contribution in [1.82, 2.24) is 20.1 Å². The molecule has 2 aromatic carbocycles. The number of thiazole rings is 1. The van der Waals surface area contributed by atoms with Gasteiger partial charge in [0.15, 0.2) is 5.01 Å². The summed E-state index contributed by atoms with van der Waals surface area (Å²) < 4.78 is 13.2. The molecule has 178 valence electrons. The summed E-state index contributed by atoms with van der Waals surface area (Å²) >= 11 is 1.36. The van der Waals surface area contributed by atoms with Gasteiger partial charge in [0, 0.05) is 49.1 Å². The quantitative estimate of drug-likeness (QED) is 0.441. The van der Waals surface area contributed by atoms with E-state index in [4.69, 9.17) is 0 Å². The SMILES string of the molecule is CNC(/C=C\Nc1ccc(F)cc1)N(C(=O)c1nccs1)C1CCN(Cc2ccccc2)CC1. The Labute approximate surface area is 204 Å². The standard InChI is InChI=1S/C26H30FN5OS/c1-28-24(11-14-29-22-9-7-21(27)8-10-22)32(26(33)25-30-15-18-34-25)23-12-16-31(17-13-23)19-20-5-3-2-4-6-20/h2-11,14-15,18,23-24,28-29H,12-13,16-17,19H2,1H3/b14-11-. The first-order valence-electron chi connectivity index (χ1n) is 11.5. The highest BCUT2D eigenvalue weighted by Crippen LogP contribution is 2.23. The second-order valence-electron chi connectivity index (χ2n) is 8.29. The van der Waals surface area contributed by atoms with E-state index in [1.807, 2.05) is 29.5 Å². The molecule has 0 radical (unpaired) electrons. The van der Waals surface area contributed by atoms with Gasteiger partial charge in [-0.3, -0.25) is 15.0 Å². The number of amides is 1. The number of likely N-dealkylation sites (N-methyl/N-ethyl adjacent to an activating group) is 1. The smallest absolute Gasteiger partial charge is 0.284 e. The highest BCUT2D eigenvalue weighted by atomic mass is 32.1. The molecule has 1 aliphatic rings. The Kier molecular flexibility index (Phi) is 8.41. The molecule has 2 heterocycles. The molecule has 6 nitrogen and oxygen atoms in total. The lowest BCUT2D eigenvalue weighted by atomic mass is 10.0. The third-order valence-electron chi connectivity index (χ3n) is 6.02. The lowest BCUT2D eigenvalue weighted by Gasteiger charge is -2.41. The van der Waals surface area contributed by atoms with Gasteiger partial charge in [-0.25, -0.2) is 9.37 Å². The summed E-state index contributed by atoms with van der Waals surface area (Å²) in [7, 11) is 1.85. The largest absolute Gasteiger partial charge is 0.362 e. The van der Waals surface area contributed by atoms with Crippen molar-refractivity contribution in [1.29, 1.82) is 0 Å². The van der Waals surface area contributed by atoms with E-state index in [1.54, 1.807) is 24.5 Å². The van der Waals surface area contributed by atoms with Gasteiger partial charge in [-0.2, -0.15) is 0 Å². The molecule has 8 heteroatoms. The number of aromatic nitrogens is 1. The van der Waals surface area contributed by atoms with Gasteiger partial charge < -0.3 is 10.2 Å². The van der Waals surface area contributed by atoms with Crippen LogP contribution in [0.25, 0.3) is 0 Å². The summed E-state index contributed by atoms with van der Waals surface area (Å²) in [5.41, 5.74) is 2.08. The maximum absolute atomic E-state index is 13.5. The third kappa shape index (κ3) is 6.28. The summed E-state index contributed by atoms with van der Waals surface area (Å²) in [5, 5.41) is 8.75. The average molecular weight is 480 g/mol. The molecule has 1 unspecified atom stereocenters. The Bertz CT molecular complexity index is 1050. The number of rotatable bonds is 9. The number of carbonyl (C=O) groups is 1. The van der Waals surface area contributed by atoms with Crippen LogP contribution >= 0.6 is 11.3 Å². The summed E-state index contributed by atoms with van der Waals surface area (Å²) in [6.07, 6.45) is 6.85. The Balaban J connectivity index is 1.45. The number of anilines is 1. The molecule has 1 atom stereocenters. The number of halogens is 1. The highest BCUT2D eigenvalue weighted by molar-refractivity contribution is 7.11. The van der Waals surface area contributed by atoms with Crippen molar-refractivity contribution in [2.45, 2.75) is 31.6 Å². The fourth-order valence-electron chi connectivity index (χ4n) is 4.27. The van der Waals surface area contributed by atoms with Crippen LogP contribution in [0.5, 0.6) is 0 Å². The number of hydrogen-bond donors (Lipinski definition) is 2. The lowest BCUT2D eigenvalue weighted by Crippen LogP contribution is -2.55. The van der Waals surface area contributed by atoms with Gasteiger partial charge in [0.2, 0.25) is 0 Å². The van der Waals surface area contributed by atoms with Crippen molar-refractivity contribution < 1.29 is 9.18 Å². The fourth-order valence-corrected chi connectivity index (χ4v) is 4.84. The monoisotopic (exact) mass is 479 g/mol. The normalized spacial score (nSPS) is 15.9. The van der Waals surface area contributed by atoms with Crippen molar-refractivity contribution in [2.24, 2.45) is 0 Å². The molecule has 3 aromatic rings. The first-order chi connectivity index (χ1) is 16.6. The average Bonchev–Trinajstić information content (AvgIpc) is 3.41. The van der Waals surface area contributed by atoms with Crippen LogP contribution in [0.15, 0.2) is 78.5 Å². The Hall–Kier alpha value is -3.07. The molecule has 1 fully saturated rings. The zero-order chi connectivity index (χ0) is 23.8. The molecule has 1 aliphatic heterocycles. The minimum absolute atomic E-state index is 0.0673. The van der Waals surface area contributed by atoms with Crippen LogP contribution in [-0.4, -0.2) is 53.0 Å². The van der Waals surface area contributed by atoms with Crippen molar-refractivity contribution in [3.8, 4) is 0 Å². The maximum Gasteiger partial charge on any atom is 0.284 e. The van der Waals surface area contributed by atoms with Crippen LogP contribution in [0.2, 0.25) is 0 Å². The van der Waals surface area contributed by atoms with E-state index in [0.717, 1.165) is 38.2 Å². The van der Waals surface area contributed by atoms with E-state index in [9.17, 15) is 9.18 Å². The van der Waals surface area contributed by atoms with Crippen molar-refractivity contribution >= 4 is 22.9 Å². The van der Waals surface area contributed by atoms with Gasteiger partial charge in [0.1, 0.15) is 12.0 Å². The van der Waals surface area contributed by atoms with Crippen LogP contribution in [0, 0.1) is 5.82 Å². The van der Waals surface area contributed by atoms with Gasteiger partial charge in [-0.15, -0.1) is 11.3 Å². The van der Waals surface area contributed by atoms with Crippen LogP contribution in [0.4, 0.5) is 10.1 Å². The molecule has 1 amide bonds. The molecule has 0 spiro atoms. The van der Waals surface area contributed by atoms with E-state index < -0.39 is 0 Å². The van der Waals surface area contributed by atoms with Crippen LogP contribution in [-0.2, 0) is 6.54 Å². The fraction of sp³-hybridized carbons (Fsp3) is 0.308.